The highest BCUT2D eigenvalue weighted by atomic mass is 16.5. The van der Waals surface area contributed by atoms with Gasteiger partial charge in [0.25, 0.3) is 0 Å². The summed E-state index contributed by atoms with van der Waals surface area (Å²) < 4.78 is 5.57. The highest BCUT2D eigenvalue weighted by molar-refractivity contribution is 5.80. The van der Waals surface area contributed by atoms with E-state index in [1.54, 1.807) is 0 Å². The molecule has 2 unspecified atom stereocenters. The Morgan fingerprint density at radius 3 is 2.59 bits per heavy atom. The first-order valence-electron chi connectivity index (χ1n) is 10.4. The number of ether oxygens (including phenoxy) is 1. The number of piperazine rings is 1. The SMILES string of the molecule is CCNC(=NCC(C)N1CCOCC1C)N1CCN(c2ccccc2)CC1. The van der Waals surface area contributed by atoms with Gasteiger partial charge in [-0.15, -0.1) is 0 Å². The van der Waals surface area contributed by atoms with E-state index < -0.39 is 0 Å². The third-order valence-corrected chi connectivity index (χ3v) is 5.53. The molecule has 2 saturated heterocycles. The number of hydrogen-bond acceptors (Lipinski definition) is 4. The smallest absolute Gasteiger partial charge is 0.194 e. The van der Waals surface area contributed by atoms with Crippen LogP contribution in [0.25, 0.3) is 0 Å². The van der Waals surface area contributed by atoms with Gasteiger partial charge in [-0.3, -0.25) is 9.89 Å². The van der Waals surface area contributed by atoms with Crippen molar-refractivity contribution in [2.24, 2.45) is 4.99 Å². The number of nitrogens with one attached hydrogen (secondary N) is 1. The van der Waals surface area contributed by atoms with Crippen LogP contribution in [0.1, 0.15) is 20.8 Å². The second-order valence-electron chi connectivity index (χ2n) is 7.52. The summed E-state index contributed by atoms with van der Waals surface area (Å²) in [4.78, 5) is 12.4. The molecule has 1 aromatic rings. The van der Waals surface area contributed by atoms with E-state index in [2.05, 4.69) is 71.1 Å². The minimum atomic E-state index is 0.433. The first-order chi connectivity index (χ1) is 13.2. The molecule has 0 spiro atoms. The van der Waals surface area contributed by atoms with Crippen LogP contribution in [-0.4, -0.2) is 86.9 Å². The molecule has 150 valence electrons. The van der Waals surface area contributed by atoms with E-state index in [-0.39, 0.29) is 0 Å². The zero-order valence-electron chi connectivity index (χ0n) is 17.1. The number of morpholine rings is 1. The van der Waals surface area contributed by atoms with Crippen LogP contribution >= 0.6 is 0 Å². The Balaban J connectivity index is 1.56. The second kappa shape index (κ2) is 9.95. The topological polar surface area (TPSA) is 43.3 Å². The largest absolute Gasteiger partial charge is 0.379 e. The Morgan fingerprint density at radius 1 is 1.19 bits per heavy atom. The number of guanidine groups is 1. The van der Waals surface area contributed by atoms with Crippen LogP contribution in [0.5, 0.6) is 0 Å². The number of benzene rings is 1. The van der Waals surface area contributed by atoms with Gasteiger partial charge in [-0.05, 0) is 32.9 Å². The maximum absolute atomic E-state index is 5.57. The molecule has 27 heavy (non-hydrogen) atoms. The lowest BCUT2D eigenvalue weighted by atomic mass is 10.2. The van der Waals surface area contributed by atoms with Crippen LogP contribution in [0.2, 0.25) is 0 Å². The Hall–Kier alpha value is -1.79. The average Bonchev–Trinajstić information content (AvgIpc) is 2.72. The molecule has 1 aromatic carbocycles. The summed E-state index contributed by atoms with van der Waals surface area (Å²) in [7, 11) is 0. The van der Waals surface area contributed by atoms with Gasteiger partial charge in [0.05, 0.1) is 19.8 Å². The quantitative estimate of drug-likeness (QED) is 0.631. The Bertz CT molecular complexity index is 585. The van der Waals surface area contributed by atoms with Crippen molar-refractivity contribution in [3.63, 3.8) is 0 Å². The molecule has 3 rings (SSSR count). The normalized spacial score (nSPS) is 23.4. The van der Waals surface area contributed by atoms with Crippen LogP contribution in [0.3, 0.4) is 0 Å². The summed E-state index contributed by atoms with van der Waals surface area (Å²) in [5.41, 5.74) is 1.31. The molecule has 0 aromatic heterocycles. The molecule has 1 N–H and O–H groups in total. The van der Waals surface area contributed by atoms with Crippen molar-refractivity contribution in [3.05, 3.63) is 30.3 Å². The van der Waals surface area contributed by atoms with Crippen molar-refractivity contribution in [1.82, 2.24) is 15.1 Å². The van der Waals surface area contributed by atoms with E-state index >= 15 is 0 Å². The van der Waals surface area contributed by atoms with Crippen LogP contribution < -0.4 is 10.2 Å². The van der Waals surface area contributed by atoms with Gasteiger partial charge in [0, 0.05) is 57.0 Å². The number of anilines is 1. The van der Waals surface area contributed by atoms with Gasteiger partial charge in [0.15, 0.2) is 5.96 Å². The predicted octanol–water partition coefficient (Wildman–Crippen LogP) is 1.88. The van der Waals surface area contributed by atoms with E-state index in [1.807, 2.05) is 0 Å². The molecule has 2 fully saturated rings. The maximum atomic E-state index is 5.57. The van der Waals surface area contributed by atoms with E-state index in [1.165, 1.54) is 5.69 Å². The Kier molecular flexibility index (Phi) is 7.35. The van der Waals surface area contributed by atoms with Crippen molar-refractivity contribution in [2.75, 3.05) is 63.9 Å². The zero-order valence-corrected chi connectivity index (χ0v) is 17.1. The van der Waals surface area contributed by atoms with Crippen molar-refractivity contribution in [1.29, 1.82) is 0 Å². The molecule has 0 amide bonds. The van der Waals surface area contributed by atoms with Gasteiger partial charge in [0.2, 0.25) is 0 Å². The molecule has 0 bridgehead atoms. The highest BCUT2D eigenvalue weighted by Crippen LogP contribution is 2.16. The fourth-order valence-corrected chi connectivity index (χ4v) is 3.96. The molecule has 2 aliphatic rings. The average molecular weight is 374 g/mol. The number of rotatable bonds is 5. The lowest BCUT2D eigenvalue weighted by molar-refractivity contribution is -0.0166. The predicted molar refractivity (Wildman–Crippen MR) is 113 cm³/mol. The summed E-state index contributed by atoms with van der Waals surface area (Å²) >= 11 is 0. The molecule has 0 saturated carbocycles. The molecule has 2 atom stereocenters. The summed E-state index contributed by atoms with van der Waals surface area (Å²) in [6.07, 6.45) is 0. The first kappa shape index (κ1) is 20.0. The second-order valence-corrected chi connectivity index (χ2v) is 7.52. The number of para-hydroxylation sites is 1. The molecule has 0 radical (unpaired) electrons. The van der Waals surface area contributed by atoms with Crippen molar-refractivity contribution < 1.29 is 4.74 Å². The van der Waals surface area contributed by atoms with Crippen LogP contribution in [-0.2, 0) is 4.74 Å². The van der Waals surface area contributed by atoms with E-state index in [0.29, 0.717) is 12.1 Å². The van der Waals surface area contributed by atoms with Gasteiger partial charge >= 0.3 is 0 Å². The molecule has 2 aliphatic heterocycles. The van der Waals surface area contributed by atoms with E-state index in [9.17, 15) is 0 Å². The van der Waals surface area contributed by atoms with Crippen molar-refractivity contribution in [3.8, 4) is 0 Å². The third-order valence-electron chi connectivity index (χ3n) is 5.53. The Labute approximate surface area is 164 Å². The van der Waals surface area contributed by atoms with Crippen LogP contribution in [0, 0.1) is 0 Å². The minimum absolute atomic E-state index is 0.433. The maximum Gasteiger partial charge on any atom is 0.194 e. The number of nitrogens with zero attached hydrogens (tertiary/aromatic N) is 4. The fourth-order valence-electron chi connectivity index (χ4n) is 3.96. The zero-order chi connectivity index (χ0) is 19.1. The molecule has 2 heterocycles. The van der Waals surface area contributed by atoms with Gasteiger partial charge in [-0.25, -0.2) is 0 Å². The van der Waals surface area contributed by atoms with Gasteiger partial charge in [-0.1, -0.05) is 18.2 Å². The number of aliphatic imine (C=N–C) groups is 1. The van der Waals surface area contributed by atoms with Crippen LogP contribution in [0.15, 0.2) is 35.3 Å². The van der Waals surface area contributed by atoms with E-state index in [0.717, 1.165) is 65.0 Å². The fraction of sp³-hybridized carbons (Fsp3) is 0.667. The molecular formula is C21H35N5O. The highest BCUT2D eigenvalue weighted by Gasteiger charge is 2.24. The lowest BCUT2D eigenvalue weighted by Crippen LogP contribution is -2.53. The van der Waals surface area contributed by atoms with Gasteiger partial charge < -0.3 is 19.9 Å². The van der Waals surface area contributed by atoms with Crippen molar-refractivity contribution in [2.45, 2.75) is 32.9 Å². The number of hydrogen-bond donors (Lipinski definition) is 1. The molecule has 0 aliphatic carbocycles. The molecule has 6 nitrogen and oxygen atoms in total. The summed E-state index contributed by atoms with van der Waals surface area (Å²) in [5, 5.41) is 3.49. The molecular weight excluding hydrogens is 338 g/mol. The van der Waals surface area contributed by atoms with E-state index in [4.69, 9.17) is 9.73 Å². The summed E-state index contributed by atoms with van der Waals surface area (Å²) in [6.45, 7) is 15.1. The lowest BCUT2D eigenvalue weighted by Gasteiger charge is -2.39. The molecule has 6 heteroatoms. The summed E-state index contributed by atoms with van der Waals surface area (Å²) in [5.74, 6) is 1.05. The van der Waals surface area contributed by atoms with Gasteiger partial charge in [-0.2, -0.15) is 0 Å². The summed E-state index contributed by atoms with van der Waals surface area (Å²) in [6, 6.07) is 11.6. The first-order valence-corrected chi connectivity index (χ1v) is 10.4. The third kappa shape index (κ3) is 5.36. The monoisotopic (exact) mass is 373 g/mol. The van der Waals surface area contributed by atoms with Crippen molar-refractivity contribution >= 4 is 11.6 Å². The van der Waals surface area contributed by atoms with Gasteiger partial charge in [0.1, 0.15) is 0 Å². The van der Waals surface area contributed by atoms with Crippen LogP contribution in [0.4, 0.5) is 5.69 Å². The Morgan fingerprint density at radius 2 is 1.93 bits per heavy atom. The minimum Gasteiger partial charge on any atom is -0.379 e. The standard InChI is InChI=1S/C21H35N5O/c1-4-22-21(23-16-18(2)26-14-15-27-17-19(26)3)25-12-10-24(11-13-25)20-8-6-5-7-9-20/h5-9,18-19H,4,10-17H2,1-3H3,(H,22,23).